The van der Waals surface area contributed by atoms with E-state index in [9.17, 15) is 4.39 Å². The Morgan fingerprint density at radius 3 is 2.62 bits per heavy atom. The Kier molecular flexibility index (Phi) is 2.69. The molecule has 0 aromatic carbocycles. The summed E-state index contributed by atoms with van der Waals surface area (Å²) >= 11 is 0. The van der Waals surface area contributed by atoms with Crippen LogP contribution in [0.5, 0.6) is 11.6 Å². The minimum Gasteiger partial charge on any atom is -0.436 e. The second-order valence-corrected chi connectivity index (χ2v) is 2.79. The maximum absolute atomic E-state index is 12.5. The van der Waals surface area contributed by atoms with Crippen molar-refractivity contribution in [3.05, 3.63) is 42.1 Å². The number of nitrogens with zero attached hydrogens (tertiary/aromatic N) is 4. The lowest BCUT2D eigenvalue weighted by atomic mass is 10.4. The van der Waals surface area contributed by atoms with Gasteiger partial charge in [-0.15, -0.1) is 10.2 Å². The first-order valence-corrected chi connectivity index (χ1v) is 4.31. The molecule has 0 N–H and O–H groups in total. The van der Waals surface area contributed by atoms with E-state index in [0.29, 0.717) is 5.75 Å². The average Bonchev–Trinajstić information content (AvgIpc) is 2.33. The SMILES string of the molecule is N#Cc1ccc(Oc2ccc(F)nc2)nn1. The van der Waals surface area contributed by atoms with E-state index >= 15 is 0 Å². The summed E-state index contributed by atoms with van der Waals surface area (Å²) in [6.07, 6.45) is 1.23. The molecule has 2 heterocycles. The van der Waals surface area contributed by atoms with Crippen LogP contribution >= 0.6 is 0 Å². The highest BCUT2D eigenvalue weighted by atomic mass is 19.1. The van der Waals surface area contributed by atoms with Gasteiger partial charge < -0.3 is 4.74 Å². The number of hydrogen-bond acceptors (Lipinski definition) is 5. The van der Waals surface area contributed by atoms with Crippen molar-refractivity contribution in [3.63, 3.8) is 0 Å². The Labute approximate surface area is 90.2 Å². The summed E-state index contributed by atoms with van der Waals surface area (Å²) in [7, 11) is 0. The average molecular weight is 216 g/mol. The van der Waals surface area contributed by atoms with E-state index in [2.05, 4.69) is 15.2 Å². The van der Waals surface area contributed by atoms with Gasteiger partial charge in [0.1, 0.15) is 11.8 Å². The zero-order valence-corrected chi connectivity index (χ0v) is 7.96. The summed E-state index contributed by atoms with van der Waals surface area (Å²) in [6.45, 7) is 0. The van der Waals surface area contributed by atoms with Gasteiger partial charge in [0.05, 0.1) is 6.20 Å². The van der Waals surface area contributed by atoms with Gasteiger partial charge in [-0.25, -0.2) is 4.98 Å². The zero-order valence-electron chi connectivity index (χ0n) is 7.96. The third-order valence-corrected chi connectivity index (χ3v) is 1.68. The highest BCUT2D eigenvalue weighted by molar-refractivity contribution is 5.26. The molecule has 0 atom stereocenters. The maximum Gasteiger partial charge on any atom is 0.239 e. The van der Waals surface area contributed by atoms with Crippen LogP contribution in [0.3, 0.4) is 0 Å². The molecule has 6 heteroatoms. The van der Waals surface area contributed by atoms with Gasteiger partial charge in [-0.1, -0.05) is 0 Å². The molecule has 0 fully saturated rings. The molecule has 16 heavy (non-hydrogen) atoms. The van der Waals surface area contributed by atoms with Crippen LogP contribution in [0.2, 0.25) is 0 Å². The van der Waals surface area contributed by atoms with Crippen molar-refractivity contribution < 1.29 is 9.13 Å². The largest absolute Gasteiger partial charge is 0.436 e. The lowest BCUT2D eigenvalue weighted by Crippen LogP contribution is -1.93. The fourth-order valence-corrected chi connectivity index (χ4v) is 0.977. The molecule has 78 valence electrons. The topological polar surface area (TPSA) is 71.7 Å². The number of ether oxygens (including phenoxy) is 1. The molecule has 0 aliphatic heterocycles. The van der Waals surface area contributed by atoms with Crippen molar-refractivity contribution >= 4 is 0 Å². The summed E-state index contributed by atoms with van der Waals surface area (Å²) in [4.78, 5) is 3.42. The van der Waals surface area contributed by atoms with E-state index in [0.717, 1.165) is 0 Å². The van der Waals surface area contributed by atoms with E-state index in [1.165, 1.54) is 30.5 Å². The van der Waals surface area contributed by atoms with E-state index in [1.54, 1.807) is 0 Å². The van der Waals surface area contributed by atoms with Crippen molar-refractivity contribution in [2.24, 2.45) is 0 Å². The van der Waals surface area contributed by atoms with Gasteiger partial charge in [0.25, 0.3) is 0 Å². The van der Waals surface area contributed by atoms with Crippen LogP contribution in [-0.4, -0.2) is 15.2 Å². The molecule has 0 bridgehead atoms. The summed E-state index contributed by atoms with van der Waals surface area (Å²) in [6, 6.07) is 7.39. The minimum absolute atomic E-state index is 0.199. The summed E-state index contributed by atoms with van der Waals surface area (Å²) in [5, 5.41) is 15.7. The van der Waals surface area contributed by atoms with Gasteiger partial charge in [0, 0.05) is 6.07 Å². The Hall–Kier alpha value is -2.55. The molecule has 2 rings (SSSR count). The highest BCUT2D eigenvalue weighted by Gasteiger charge is 2.00. The second kappa shape index (κ2) is 4.31. The van der Waals surface area contributed by atoms with Crippen LogP contribution in [-0.2, 0) is 0 Å². The first-order chi connectivity index (χ1) is 7.78. The molecule has 0 aliphatic carbocycles. The fourth-order valence-electron chi connectivity index (χ4n) is 0.977. The van der Waals surface area contributed by atoms with Crippen molar-refractivity contribution in [2.75, 3.05) is 0 Å². The molecule has 0 spiro atoms. The Morgan fingerprint density at radius 2 is 2.06 bits per heavy atom. The summed E-state index contributed by atoms with van der Waals surface area (Å²) in [5.41, 5.74) is 0.199. The van der Waals surface area contributed by atoms with Crippen LogP contribution in [0, 0.1) is 17.3 Å². The highest BCUT2D eigenvalue weighted by Crippen LogP contribution is 2.17. The number of halogens is 1. The minimum atomic E-state index is -0.585. The predicted molar refractivity (Wildman–Crippen MR) is 51.0 cm³/mol. The van der Waals surface area contributed by atoms with E-state index in [-0.39, 0.29) is 11.6 Å². The Morgan fingerprint density at radius 1 is 1.19 bits per heavy atom. The molecule has 0 unspecified atom stereocenters. The Balaban J connectivity index is 2.15. The number of aromatic nitrogens is 3. The number of pyridine rings is 1. The lowest BCUT2D eigenvalue weighted by Gasteiger charge is -2.02. The molecule has 0 saturated carbocycles. The van der Waals surface area contributed by atoms with Gasteiger partial charge in [-0.2, -0.15) is 9.65 Å². The fraction of sp³-hybridized carbons (Fsp3) is 0. The number of rotatable bonds is 2. The van der Waals surface area contributed by atoms with Crippen LogP contribution in [0.1, 0.15) is 5.69 Å². The van der Waals surface area contributed by atoms with Crippen molar-refractivity contribution in [2.45, 2.75) is 0 Å². The third-order valence-electron chi connectivity index (χ3n) is 1.68. The maximum atomic E-state index is 12.5. The van der Waals surface area contributed by atoms with Gasteiger partial charge in [-0.3, -0.25) is 0 Å². The number of hydrogen-bond donors (Lipinski definition) is 0. The summed E-state index contributed by atoms with van der Waals surface area (Å²) < 4.78 is 17.7. The summed E-state index contributed by atoms with van der Waals surface area (Å²) in [5.74, 6) is -0.0221. The van der Waals surface area contributed by atoms with Crippen molar-refractivity contribution in [3.8, 4) is 17.7 Å². The molecule has 0 amide bonds. The normalized spacial score (nSPS) is 9.50. The monoisotopic (exact) mass is 216 g/mol. The second-order valence-electron chi connectivity index (χ2n) is 2.79. The van der Waals surface area contributed by atoms with Crippen LogP contribution in [0.4, 0.5) is 4.39 Å². The van der Waals surface area contributed by atoms with Gasteiger partial charge in [-0.05, 0) is 18.2 Å². The van der Waals surface area contributed by atoms with Crippen molar-refractivity contribution in [1.29, 1.82) is 5.26 Å². The van der Waals surface area contributed by atoms with E-state index < -0.39 is 5.95 Å². The first kappa shape index (κ1) is 9.98. The van der Waals surface area contributed by atoms with Crippen LogP contribution in [0.15, 0.2) is 30.5 Å². The Bertz CT molecular complexity index is 518. The standard InChI is InChI=1S/C10H5FN4O/c11-9-3-2-8(6-13-9)16-10-4-1-7(5-12)14-15-10/h1-4,6H. The third kappa shape index (κ3) is 2.27. The molecule has 0 aliphatic rings. The first-order valence-electron chi connectivity index (χ1n) is 4.31. The van der Waals surface area contributed by atoms with Gasteiger partial charge in [0.2, 0.25) is 11.8 Å². The molecule has 0 saturated heterocycles. The molecular weight excluding hydrogens is 211 g/mol. The molecule has 5 nitrogen and oxygen atoms in total. The lowest BCUT2D eigenvalue weighted by molar-refractivity contribution is 0.449. The van der Waals surface area contributed by atoms with E-state index in [4.69, 9.17) is 10.00 Å². The van der Waals surface area contributed by atoms with Crippen LogP contribution < -0.4 is 4.74 Å². The van der Waals surface area contributed by atoms with Crippen molar-refractivity contribution in [1.82, 2.24) is 15.2 Å². The molecular formula is C10H5FN4O. The van der Waals surface area contributed by atoms with Crippen LogP contribution in [0.25, 0.3) is 0 Å². The van der Waals surface area contributed by atoms with E-state index in [1.807, 2.05) is 6.07 Å². The van der Waals surface area contributed by atoms with Gasteiger partial charge in [0.15, 0.2) is 5.69 Å². The zero-order chi connectivity index (χ0) is 11.4. The molecule has 2 aromatic heterocycles. The smallest absolute Gasteiger partial charge is 0.239 e. The predicted octanol–water partition coefficient (Wildman–Crippen LogP) is 1.67. The quantitative estimate of drug-likeness (QED) is 0.714. The molecule has 0 radical (unpaired) electrons. The van der Waals surface area contributed by atoms with Gasteiger partial charge >= 0.3 is 0 Å². The number of nitriles is 1. The molecule has 2 aromatic rings.